The fourth-order valence-corrected chi connectivity index (χ4v) is 8.80. The highest BCUT2D eigenvalue weighted by Crippen LogP contribution is 2.88. The van der Waals surface area contributed by atoms with Crippen LogP contribution in [0.15, 0.2) is 0 Å². The SMILES string of the molecule is CC(C)(O)C[C@@]1(O)C2C3CC4C5C3C1C5[C@](O)(CC(C)(C)O)C42. The quantitative estimate of drug-likeness (QED) is 0.626. The Hall–Kier alpha value is -0.160. The van der Waals surface area contributed by atoms with Gasteiger partial charge in [-0.05, 0) is 81.5 Å². The van der Waals surface area contributed by atoms with Crippen molar-refractivity contribution in [2.75, 3.05) is 0 Å². The molecule has 130 valence electrons. The smallest absolute Gasteiger partial charge is 0.0744 e. The molecule has 5 saturated carbocycles. The molecule has 5 aliphatic rings. The molecular formula is C19H30O4. The lowest BCUT2D eigenvalue weighted by Gasteiger charge is -2.59. The van der Waals surface area contributed by atoms with E-state index in [2.05, 4.69) is 0 Å². The van der Waals surface area contributed by atoms with Crippen molar-refractivity contribution in [3.05, 3.63) is 0 Å². The molecule has 0 aromatic rings. The number of rotatable bonds is 4. The van der Waals surface area contributed by atoms with Crippen LogP contribution < -0.4 is 0 Å². The van der Waals surface area contributed by atoms with Gasteiger partial charge < -0.3 is 20.4 Å². The molecule has 5 fully saturated rings. The summed E-state index contributed by atoms with van der Waals surface area (Å²) in [7, 11) is 0. The number of aliphatic hydroxyl groups is 4. The standard InChI is InChI=1S/C19H30O4/c1-16(2,20)6-18(22)12-8-5-9-11-10(8)14(18)15(11)19(23,13(9)12)7-17(3,4)21/h8-15,20-23H,5-7H2,1-4H3/t8?,9?,10?,11?,12?,13?,14?,15?,18-,19+. The summed E-state index contributed by atoms with van der Waals surface area (Å²) in [5.41, 5.74) is -3.42. The normalized spacial score (nSPS) is 61.6. The van der Waals surface area contributed by atoms with Crippen molar-refractivity contribution in [3.63, 3.8) is 0 Å². The fourth-order valence-electron chi connectivity index (χ4n) is 8.80. The predicted octanol–water partition coefficient (Wildman–Crippen LogP) is 1.16. The molecule has 0 amide bonds. The zero-order valence-corrected chi connectivity index (χ0v) is 14.5. The van der Waals surface area contributed by atoms with Gasteiger partial charge in [-0.15, -0.1) is 0 Å². The predicted molar refractivity (Wildman–Crippen MR) is 84.3 cm³/mol. The minimum atomic E-state index is -0.886. The summed E-state index contributed by atoms with van der Waals surface area (Å²) in [4.78, 5) is 0. The highest BCUT2D eigenvalue weighted by atomic mass is 16.3. The molecule has 4 N–H and O–H groups in total. The highest BCUT2D eigenvalue weighted by Gasteiger charge is 2.90. The molecule has 0 radical (unpaired) electrons. The topological polar surface area (TPSA) is 80.9 Å². The Balaban J connectivity index is 1.58. The first-order chi connectivity index (χ1) is 10.4. The van der Waals surface area contributed by atoms with E-state index in [4.69, 9.17) is 0 Å². The van der Waals surface area contributed by atoms with Gasteiger partial charge in [-0.1, -0.05) is 0 Å². The van der Waals surface area contributed by atoms with E-state index in [0.717, 1.165) is 6.42 Å². The van der Waals surface area contributed by atoms with E-state index >= 15 is 0 Å². The maximum absolute atomic E-state index is 11.6. The first kappa shape index (κ1) is 15.1. The average molecular weight is 322 g/mol. The Morgan fingerprint density at radius 3 is 1.39 bits per heavy atom. The van der Waals surface area contributed by atoms with Crippen LogP contribution >= 0.6 is 0 Å². The molecule has 0 heterocycles. The number of fused-ring (bicyclic) bond motifs is 2. The third-order valence-electron chi connectivity index (χ3n) is 8.24. The van der Waals surface area contributed by atoms with Crippen molar-refractivity contribution < 1.29 is 20.4 Å². The van der Waals surface area contributed by atoms with Crippen molar-refractivity contribution in [2.45, 2.75) is 69.4 Å². The van der Waals surface area contributed by atoms with Gasteiger partial charge in [0.25, 0.3) is 0 Å². The van der Waals surface area contributed by atoms with Crippen molar-refractivity contribution in [3.8, 4) is 0 Å². The van der Waals surface area contributed by atoms with Crippen LogP contribution in [0.1, 0.15) is 47.0 Å². The molecule has 0 spiro atoms. The molecule has 2 bridgehead atoms. The third-order valence-corrected chi connectivity index (χ3v) is 8.24. The molecule has 10 atom stereocenters. The van der Waals surface area contributed by atoms with E-state index in [1.165, 1.54) is 0 Å². The fraction of sp³-hybridized carbons (Fsp3) is 1.00. The van der Waals surface area contributed by atoms with Gasteiger partial charge in [-0.2, -0.15) is 0 Å². The van der Waals surface area contributed by atoms with Crippen molar-refractivity contribution in [1.29, 1.82) is 0 Å². The van der Waals surface area contributed by atoms with Crippen molar-refractivity contribution >= 4 is 0 Å². The van der Waals surface area contributed by atoms with Crippen LogP contribution in [0, 0.1) is 47.3 Å². The van der Waals surface area contributed by atoms with Crippen LogP contribution in [0.4, 0.5) is 0 Å². The van der Waals surface area contributed by atoms with Gasteiger partial charge in [0.15, 0.2) is 0 Å². The van der Waals surface area contributed by atoms with E-state index in [1.54, 1.807) is 27.7 Å². The zero-order chi connectivity index (χ0) is 16.7. The first-order valence-corrected chi connectivity index (χ1v) is 9.28. The summed E-state index contributed by atoms with van der Waals surface area (Å²) in [5.74, 6) is 2.60. The first-order valence-electron chi connectivity index (χ1n) is 9.28. The van der Waals surface area contributed by atoms with Crippen LogP contribution in [0.3, 0.4) is 0 Å². The van der Waals surface area contributed by atoms with Crippen LogP contribution in [-0.4, -0.2) is 42.8 Å². The van der Waals surface area contributed by atoms with E-state index in [1.807, 2.05) is 0 Å². The Morgan fingerprint density at radius 2 is 1.09 bits per heavy atom. The Kier molecular flexibility index (Phi) is 2.41. The number of hydrogen-bond donors (Lipinski definition) is 4. The Labute approximate surface area is 137 Å². The Morgan fingerprint density at radius 1 is 0.739 bits per heavy atom. The lowest BCUT2D eigenvalue weighted by atomic mass is 9.49. The summed E-state index contributed by atoms with van der Waals surface area (Å²) in [5, 5.41) is 43.9. The van der Waals surface area contributed by atoms with Crippen LogP contribution in [0.2, 0.25) is 0 Å². The second-order valence-electron chi connectivity index (χ2n) is 10.8. The lowest BCUT2D eigenvalue weighted by molar-refractivity contribution is -0.240. The molecule has 0 aromatic carbocycles. The van der Waals surface area contributed by atoms with Gasteiger partial charge in [0.1, 0.15) is 0 Å². The molecule has 0 saturated heterocycles. The maximum Gasteiger partial charge on any atom is 0.0744 e. The largest absolute Gasteiger partial charge is 0.390 e. The molecule has 5 rings (SSSR count). The molecule has 4 nitrogen and oxygen atoms in total. The van der Waals surface area contributed by atoms with Crippen molar-refractivity contribution in [2.24, 2.45) is 47.3 Å². The molecule has 8 unspecified atom stereocenters. The van der Waals surface area contributed by atoms with E-state index in [0.29, 0.717) is 36.5 Å². The van der Waals surface area contributed by atoms with Crippen molar-refractivity contribution in [1.82, 2.24) is 0 Å². The van der Waals surface area contributed by atoms with Crippen LogP contribution in [-0.2, 0) is 0 Å². The van der Waals surface area contributed by atoms with Crippen LogP contribution in [0.25, 0.3) is 0 Å². The zero-order valence-electron chi connectivity index (χ0n) is 14.5. The molecule has 23 heavy (non-hydrogen) atoms. The van der Waals surface area contributed by atoms with E-state index < -0.39 is 22.4 Å². The highest BCUT2D eigenvalue weighted by molar-refractivity contribution is 5.38. The monoisotopic (exact) mass is 322 g/mol. The Bertz CT molecular complexity index is 521. The van der Waals surface area contributed by atoms with Gasteiger partial charge in [0.2, 0.25) is 0 Å². The molecule has 4 heteroatoms. The average Bonchev–Trinajstić information content (AvgIpc) is 2.74. The lowest BCUT2D eigenvalue weighted by Crippen LogP contribution is -2.66. The second kappa shape index (κ2) is 3.67. The molecular weight excluding hydrogens is 292 g/mol. The number of hydrogen-bond acceptors (Lipinski definition) is 4. The minimum absolute atomic E-state index is 0.108. The van der Waals surface area contributed by atoms with Gasteiger partial charge in [0.05, 0.1) is 22.4 Å². The summed E-state index contributed by atoms with van der Waals surface area (Å²) in [6.07, 6.45) is 1.96. The minimum Gasteiger partial charge on any atom is -0.390 e. The second-order valence-corrected chi connectivity index (χ2v) is 10.8. The van der Waals surface area contributed by atoms with E-state index in [9.17, 15) is 20.4 Å². The van der Waals surface area contributed by atoms with Crippen LogP contribution in [0.5, 0.6) is 0 Å². The van der Waals surface area contributed by atoms with E-state index in [-0.39, 0.29) is 23.7 Å². The maximum atomic E-state index is 11.6. The van der Waals surface area contributed by atoms with Gasteiger partial charge in [0, 0.05) is 12.8 Å². The van der Waals surface area contributed by atoms with Gasteiger partial charge in [-0.3, -0.25) is 0 Å². The molecule has 5 aliphatic carbocycles. The summed E-state index contributed by atoms with van der Waals surface area (Å²) in [6.45, 7) is 7.12. The summed E-state index contributed by atoms with van der Waals surface area (Å²) in [6, 6.07) is 0. The molecule has 0 aliphatic heterocycles. The summed E-state index contributed by atoms with van der Waals surface area (Å²) < 4.78 is 0. The molecule has 0 aromatic heterocycles. The summed E-state index contributed by atoms with van der Waals surface area (Å²) >= 11 is 0. The van der Waals surface area contributed by atoms with Gasteiger partial charge in [-0.25, -0.2) is 0 Å². The van der Waals surface area contributed by atoms with Gasteiger partial charge >= 0.3 is 0 Å². The third kappa shape index (κ3) is 1.49.